The van der Waals surface area contributed by atoms with Gasteiger partial charge in [0.25, 0.3) is 0 Å². The number of aryl methyl sites for hydroxylation is 2. The smallest absolute Gasteiger partial charge is 0.336 e. The maximum atomic E-state index is 11.9. The van der Waals surface area contributed by atoms with Gasteiger partial charge < -0.3 is 14.1 Å². The van der Waals surface area contributed by atoms with E-state index in [1.165, 1.54) is 4.90 Å². The molecule has 2 aromatic rings. The lowest BCUT2D eigenvalue weighted by Crippen LogP contribution is -3.14. The summed E-state index contributed by atoms with van der Waals surface area (Å²) in [6.07, 6.45) is 0.517. The summed E-state index contributed by atoms with van der Waals surface area (Å²) in [5, 5.41) is 1.06. The normalized spacial score (nSPS) is 25.5. The van der Waals surface area contributed by atoms with E-state index in [1.807, 2.05) is 13.8 Å². The average Bonchev–Trinajstić information content (AvgIpc) is 2.42. The Labute approximate surface area is 130 Å². The molecule has 4 nitrogen and oxygen atoms in total. The Bertz CT molecular complexity index is 740. The minimum Gasteiger partial charge on any atom is -0.422 e. The summed E-state index contributed by atoms with van der Waals surface area (Å²) in [6.45, 7) is 11.0. The summed E-state index contributed by atoms with van der Waals surface area (Å²) in [4.78, 5) is 13.4. The molecule has 1 aliphatic heterocycles. The van der Waals surface area contributed by atoms with Crippen LogP contribution >= 0.6 is 0 Å². The Morgan fingerprint density at radius 3 is 2.55 bits per heavy atom. The second kappa shape index (κ2) is 5.86. The summed E-state index contributed by atoms with van der Waals surface area (Å²) in [5.74, 6) is 0. The van der Waals surface area contributed by atoms with Crippen molar-refractivity contribution in [3.05, 3.63) is 45.3 Å². The number of ether oxygens (including phenoxy) is 1. The molecule has 0 radical (unpaired) electrons. The maximum Gasteiger partial charge on any atom is 0.336 e. The fourth-order valence-corrected chi connectivity index (χ4v) is 3.47. The van der Waals surface area contributed by atoms with Crippen molar-refractivity contribution in [1.29, 1.82) is 0 Å². The Hall–Kier alpha value is -1.65. The highest BCUT2D eigenvalue weighted by Crippen LogP contribution is 2.22. The summed E-state index contributed by atoms with van der Waals surface area (Å²) in [7, 11) is 0. The van der Waals surface area contributed by atoms with Crippen LogP contribution in [0.25, 0.3) is 11.0 Å². The van der Waals surface area contributed by atoms with E-state index in [0.29, 0.717) is 0 Å². The van der Waals surface area contributed by atoms with E-state index in [2.05, 4.69) is 26.0 Å². The highest BCUT2D eigenvalue weighted by Gasteiger charge is 2.26. The molecule has 4 heteroatoms. The van der Waals surface area contributed by atoms with Crippen LogP contribution in [-0.4, -0.2) is 25.3 Å². The van der Waals surface area contributed by atoms with Crippen LogP contribution < -0.4 is 10.5 Å². The van der Waals surface area contributed by atoms with E-state index >= 15 is 0 Å². The number of quaternary nitrogens is 1. The number of benzene rings is 1. The van der Waals surface area contributed by atoms with E-state index in [1.54, 1.807) is 6.07 Å². The number of rotatable bonds is 2. The zero-order valence-electron chi connectivity index (χ0n) is 13.7. The summed E-state index contributed by atoms with van der Waals surface area (Å²) in [6, 6.07) is 5.82. The fourth-order valence-electron chi connectivity index (χ4n) is 3.47. The lowest BCUT2D eigenvalue weighted by molar-refractivity contribution is -0.928. The summed E-state index contributed by atoms with van der Waals surface area (Å²) >= 11 is 0. The molecule has 118 valence electrons. The quantitative estimate of drug-likeness (QED) is 0.857. The van der Waals surface area contributed by atoms with Crippen LogP contribution in [-0.2, 0) is 11.3 Å². The number of fused-ring (bicyclic) bond motifs is 1. The van der Waals surface area contributed by atoms with Crippen molar-refractivity contribution in [3.8, 4) is 0 Å². The summed E-state index contributed by atoms with van der Waals surface area (Å²) < 4.78 is 11.3. The summed E-state index contributed by atoms with van der Waals surface area (Å²) in [5.41, 5.74) is 3.75. The minimum atomic E-state index is -0.259. The molecule has 0 bridgehead atoms. The number of nitrogens with one attached hydrogen (secondary N) is 1. The van der Waals surface area contributed by atoms with Gasteiger partial charge >= 0.3 is 5.63 Å². The molecule has 0 saturated carbocycles. The van der Waals surface area contributed by atoms with Gasteiger partial charge in [-0.3, -0.25) is 0 Å². The van der Waals surface area contributed by atoms with Crippen LogP contribution in [0.15, 0.2) is 27.4 Å². The number of morpholine rings is 1. The Balaban J connectivity index is 2.00. The first kappa shape index (κ1) is 15.3. The van der Waals surface area contributed by atoms with Gasteiger partial charge in [0.05, 0.1) is 0 Å². The molecule has 22 heavy (non-hydrogen) atoms. The molecule has 1 saturated heterocycles. The van der Waals surface area contributed by atoms with Gasteiger partial charge in [-0.2, -0.15) is 0 Å². The molecule has 0 spiro atoms. The molecular formula is C18H24NO3+. The Kier molecular flexibility index (Phi) is 4.06. The molecule has 1 aromatic heterocycles. The zero-order chi connectivity index (χ0) is 15.9. The van der Waals surface area contributed by atoms with Gasteiger partial charge in [0.1, 0.15) is 37.4 Å². The van der Waals surface area contributed by atoms with E-state index in [-0.39, 0.29) is 17.8 Å². The topological polar surface area (TPSA) is 43.9 Å². The van der Waals surface area contributed by atoms with E-state index in [4.69, 9.17) is 9.15 Å². The van der Waals surface area contributed by atoms with Crippen molar-refractivity contribution in [2.75, 3.05) is 13.1 Å². The lowest BCUT2D eigenvalue weighted by atomic mass is 10.0. The lowest BCUT2D eigenvalue weighted by Gasteiger charge is -2.32. The van der Waals surface area contributed by atoms with E-state index in [0.717, 1.165) is 47.3 Å². The van der Waals surface area contributed by atoms with Gasteiger partial charge in [0, 0.05) is 17.0 Å². The molecule has 0 unspecified atom stereocenters. The average molecular weight is 302 g/mol. The van der Waals surface area contributed by atoms with Crippen molar-refractivity contribution in [3.63, 3.8) is 0 Å². The molecule has 0 aliphatic carbocycles. The second-order valence-corrected chi connectivity index (χ2v) is 6.57. The number of hydrogen-bond acceptors (Lipinski definition) is 3. The standard InChI is InChI=1S/C18H23NO3/c1-11-5-6-16-15(7-17(20)22-18(16)14(11)4)10-19-8-12(2)21-13(3)9-19/h5-7,12-13H,8-10H2,1-4H3/p+1/t12-,13-/m1/s1. The predicted octanol–water partition coefficient (Wildman–Crippen LogP) is 1.60. The van der Waals surface area contributed by atoms with Gasteiger partial charge in [-0.1, -0.05) is 12.1 Å². The largest absolute Gasteiger partial charge is 0.422 e. The van der Waals surface area contributed by atoms with Crippen LogP contribution in [0, 0.1) is 13.8 Å². The van der Waals surface area contributed by atoms with Gasteiger partial charge in [0.2, 0.25) is 0 Å². The highest BCUT2D eigenvalue weighted by molar-refractivity contribution is 5.83. The van der Waals surface area contributed by atoms with Gasteiger partial charge in [0.15, 0.2) is 0 Å². The number of hydrogen-bond donors (Lipinski definition) is 1. The van der Waals surface area contributed by atoms with Crippen LogP contribution in [0.3, 0.4) is 0 Å². The van der Waals surface area contributed by atoms with Crippen molar-refractivity contribution < 1.29 is 14.1 Å². The molecule has 0 amide bonds. The Morgan fingerprint density at radius 2 is 1.86 bits per heavy atom. The van der Waals surface area contributed by atoms with Gasteiger partial charge in [-0.25, -0.2) is 4.79 Å². The first-order chi connectivity index (χ1) is 10.4. The van der Waals surface area contributed by atoms with E-state index in [9.17, 15) is 4.79 Å². The van der Waals surface area contributed by atoms with Crippen molar-refractivity contribution in [1.82, 2.24) is 0 Å². The fraction of sp³-hybridized carbons (Fsp3) is 0.500. The van der Waals surface area contributed by atoms with Crippen molar-refractivity contribution in [2.24, 2.45) is 0 Å². The van der Waals surface area contributed by atoms with Gasteiger partial charge in [-0.15, -0.1) is 0 Å². The third-order valence-corrected chi connectivity index (χ3v) is 4.57. The monoisotopic (exact) mass is 302 g/mol. The third-order valence-electron chi connectivity index (χ3n) is 4.57. The van der Waals surface area contributed by atoms with Crippen LogP contribution in [0.4, 0.5) is 0 Å². The zero-order valence-corrected chi connectivity index (χ0v) is 13.7. The third kappa shape index (κ3) is 2.94. The predicted molar refractivity (Wildman–Crippen MR) is 86.4 cm³/mol. The molecule has 2 heterocycles. The molecule has 1 aromatic carbocycles. The molecule has 1 fully saturated rings. The van der Waals surface area contributed by atoms with E-state index < -0.39 is 0 Å². The van der Waals surface area contributed by atoms with Crippen LogP contribution in [0.2, 0.25) is 0 Å². The SMILES string of the molecule is Cc1ccc2c(C[NH+]3C[C@@H](C)O[C@H](C)C3)cc(=O)oc2c1C. The van der Waals surface area contributed by atoms with Crippen LogP contribution in [0.5, 0.6) is 0 Å². The Morgan fingerprint density at radius 1 is 1.18 bits per heavy atom. The molecule has 1 aliphatic rings. The molecule has 1 N–H and O–H groups in total. The minimum absolute atomic E-state index is 0.258. The first-order valence-electron chi connectivity index (χ1n) is 7.96. The second-order valence-electron chi connectivity index (χ2n) is 6.57. The maximum absolute atomic E-state index is 11.9. The molecule has 2 atom stereocenters. The highest BCUT2D eigenvalue weighted by atomic mass is 16.5. The first-order valence-corrected chi connectivity index (χ1v) is 7.96. The molecular weight excluding hydrogens is 278 g/mol. The van der Waals surface area contributed by atoms with Gasteiger partial charge in [-0.05, 0) is 38.8 Å². The van der Waals surface area contributed by atoms with Crippen LogP contribution in [0.1, 0.15) is 30.5 Å². The molecule has 3 rings (SSSR count). The van der Waals surface area contributed by atoms with Crippen molar-refractivity contribution >= 4 is 11.0 Å². The van der Waals surface area contributed by atoms with Crippen molar-refractivity contribution in [2.45, 2.75) is 46.4 Å².